The maximum Gasteiger partial charge on any atom is 0.239 e. The zero-order valence-corrected chi connectivity index (χ0v) is 8.08. The molecule has 0 aromatic carbocycles. The maximum absolute atomic E-state index is 11.1. The van der Waals surface area contributed by atoms with Gasteiger partial charge in [-0.2, -0.15) is 0 Å². The molecule has 14 heavy (non-hydrogen) atoms. The lowest BCUT2D eigenvalue weighted by atomic mass is 10.3. The first kappa shape index (κ1) is 10.3. The fourth-order valence-electron chi connectivity index (χ4n) is 0.988. The number of carbonyl (C=O) groups excluding carboxylic acids is 1. The average molecular weight is 194 g/mol. The maximum atomic E-state index is 11.1. The van der Waals surface area contributed by atoms with Crippen LogP contribution in [0.4, 0.5) is 11.4 Å². The number of nitrogens with zero attached hydrogens (tertiary/aromatic N) is 1. The van der Waals surface area contributed by atoms with Crippen LogP contribution in [-0.4, -0.2) is 24.0 Å². The number of pyridine rings is 1. The molecule has 0 saturated heterocycles. The molecule has 4 N–H and O–H groups in total. The number of hydrogen-bond donors (Lipinski definition) is 3. The minimum absolute atomic E-state index is 0.0595. The van der Waals surface area contributed by atoms with Crippen molar-refractivity contribution in [1.29, 1.82) is 0 Å². The van der Waals surface area contributed by atoms with Crippen molar-refractivity contribution < 1.29 is 4.79 Å². The Kier molecular flexibility index (Phi) is 3.72. The van der Waals surface area contributed by atoms with Crippen LogP contribution in [0.3, 0.4) is 0 Å². The molecule has 1 rings (SSSR count). The Morgan fingerprint density at radius 3 is 3.07 bits per heavy atom. The van der Waals surface area contributed by atoms with Crippen molar-refractivity contribution in [3.63, 3.8) is 0 Å². The van der Waals surface area contributed by atoms with Gasteiger partial charge in [-0.25, -0.2) is 0 Å². The molecule has 5 heteroatoms. The highest BCUT2D eigenvalue weighted by Gasteiger charge is 2.01. The van der Waals surface area contributed by atoms with Crippen LogP contribution in [0.5, 0.6) is 0 Å². The van der Waals surface area contributed by atoms with E-state index < -0.39 is 0 Å². The van der Waals surface area contributed by atoms with Crippen LogP contribution >= 0.6 is 0 Å². The van der Waals surface area contributed by atoms with Crippen molar-refractivity contribution in [3.8, 4) is 0 Å². The quantitative estimate of drug-likeness (QED) is 0.640. The van der Waals surface area contributed by atoms with Gasteiger partial charge in [0.05, 0.1) is 24.1 Å². The zero-order valence-electron chi connectivity index (χ0n) is 8.08. The van der Waals surface area contributed by atoms with Gasteiger partial charge in [0.15, 0.2) is 0 Å². The van der Waals surface area contributed by atoms with Crippen LogP contribution in [0, 0.1) is 0 Å². The fraction of sp³-hybridized carbons (Fsp3) is 0.333. The molecule has 0 bridgehead atoms. The summed E-state index contributed by atoms with van der Waals surface area (Å²) in [5, 5.41) is 5.57. The predicted molar refractivity (Wildman–Crippen MR) is 55.8 cm³/mol. The van der Waals surface area contributed by atoms with Crippen molar-refractivity contribution in [3.05, 3.63) is 18.5 Å². The Bertz CT molecular complexity index is 313. The molecular formula is C9H14N4O. The Balaban J connectivity index is 2.46. The van der Waals surface area contributed by atoms with Gasteiger partial charge in [0.25, 0.3) is 0 Å². The lowest BCUT2D eigenvalue weighted by Crippen LogP contribution is -2.29. The first-order valence-corrected chi connectivity index (χ1v) is 4.44. The summed E-state index contributed by atoms with van der Waals surface area (Å²) < 4.78 is 0. The lowest BCUT2D eigenvalue weighted by molar-refractivity contribution is -0.119. The summed E-state index contributed by atoms with van der Waals surface area (Å²) in [5.41, 5.74) is 6.91. The van der Waals surface area contributed by atoms with E-state index in [0.29, 0.717) is 17.9 Å². The molecule has 76 valence electrons. The van der Waals surface area contributed by atoms with Crippen LogP contribution in [0.2, 0.25) is 0 Å². The van der Waals surface area contributed by atoms with E-state index in [-0.39, 0.29) is 12.5 Å². The molecule has 0 atom stereocenters. The third kappa shape index (κ3) is 2.93. The molecular weight excluding hydrogens is 180 g/mol. The average Bonchev–Trinajstić information content (AvgIpc) is 2.17. The number of carbonyl (C=O) groups is 1. The molecule has 1 aromatic heterocycles. The van der Waals surface area contributed by atoms with Crippen molar-refractivity contribution in [2.45, 2.75) is 6.92 Å². The molecule has 1 aromatic rings. The second-order valence-electron chi connectivity index (χ2n) is 2.77. The lowest BCUT2D eigenvalue weighted by Gasteiger charge is -2.07. The number of aromatic nitrogens is 1. The molecule has 0 unspecified atom stereocenters. The monoisotopic (exact) mass is 194 g/mol. The summed E-state index contributed by atoms with van der Waals surface area (Å²) in [7, 11) is 0. The topological polar surface area (TPSA) is 80.0 Å². The smallest absolute Gasteiger partial charge is 0.239 e. The van der Waals surface area contributed by atoms with Crippen molar-refractivity contribution in [2.75, 3.05) is 24.1 Å². The molecule has 1 amide bonds. The van der Waals surface area contributed by atoms with E-state index >= 15 is 0 Å². The summed E-state index contributed by atoms with van der Waals surface area (Å²) in [4.78, 5) is 15.0. The number of nitrogens with one attached hydrogen (secondary N) is 2. The molecule has 0 saturated carbocycles. The Morgan fingerprint density at radius 2 is 2.43 bits per heavy atom. The number of anilines is 2. The summed E-state index contributed by atoms with van der Waals surface area (Å²) in [6.45, 7) is 2.71. The highest BCUT2D eigenvalue weighted by molar-refractivity contribution is 5.81. The van der Waals surface area contributed by atoms with Crippen LogP contribution in [0.1, 0.15) is 6.92 Å². The highest BCUT2D eigenvalue weighted by Crippen LogP contribution is 2.13. The second kappa shape index (κ2) is 5.06. The van der Waals surface area contributed by atoms with Gasteiger partial charge in [0.1, 0.15) is 0 Å². The summed E-state index contributed by atoms with van der Waals surface area (Å²) in [5.74, 6) is -0.0595. The highest BCUT2D eigenvalue weighted by atomic mass is 16.1. The minimum Gasteiger partial charge on any atom is -0.397 e. The number of amides is 1. The summed E-state index contributed by atoms with van der Waals surface area (Å²) in [6, 6.07) is 1.68. The normalized spacial score (nSPS) is 9.50. The number of likely N-dealkylation sites (N-methyl/N-ethyl adjacent to an activating group) is 1. The van der Waals surface area contributed by atoms with Gasteiger partial charge in [-0.1, -0.05) is 0 Å². The van der Waals surface area contributed by atoms with Crippen molar-refractivity contribution in [2.24, 2.45) is 0 Å². The Morgan fingerprint density at radius 1 is 1.64 bits per heavy atom. The van der Waals surface area contributed by atoms with Gasteiger partial charge in [-0.3, -0.25) is 9.78 Å². The van der Waals surface area contributed by atoms with Crippen molar-refractivity contribution >= 4 is 17.3 Å². The minimum atomic E-state index is -0.0595. The second-order valence-corrected chi connectivity index (χ2v) is 2.77. The number of hydrogen-bond acceptors (Lipinski definition) is 4. The van der Waals surface area contributed by atoms with E-state index in [0.717, 1.165) is 0 Å². The SMILES string of the molecule is CCNC(=O)CNc1cnccc1N. The predicted octanol–water partition coefficient (Wildman–Crippen LogP) is 0.212. The van der Waals surface area contributed by atoms with Gasteiger partial charge >= 0.3 is 0 Å². The first-order chi connectivity index (χ1) is 6.74. The molecule has 0 fully saturated rings. The molecule has 0 aliphatic carbocycles. The third-order valence-corrected chi connectivity index (χ3v) is 1.67. The van der Waals surface area contributed by atoms with E-state index in [1.54, 1.807) is 18.5 Å². The molecule has 0 aliphatic heterocycles. The van der Waals surface area contributed by atoms with Crippen LogP contribution in [0.15, 0.2) is 18.5 Å². The molecule has 0 aliphatic rings. The fourth-order valence-corrected chi connectivity index (χ4v) is 0.988. The van der Waals surface area contributed by atoms with Crippen LogP contribution in [-0.2, 0) is 4.79 Å². The number of rotatable bonds is 4. The van der Waals surface area contributed by atoms with Crippen molar-refractivity contribution in [1.82, 2.24) is 10.3 Å². The number of nitrogens with two attached hydrogens (primary N) is 1. The van der Waals surface area contributed by atoms with Gasteiger partial charge in [0.2, 0.25) is 5.91 Å². The van der Waals surface area contributed by atoms with Gasteiger partial charge in [0, 0.05) is 12.7 Å². The van der Waals surface area contributed by atoms with E-state index in [4.69, 9.17) is 5.73 Å². The van der Waals surface area contributed by atoms with E-state index in [1.165, 1.54) is 0 Å². The molecule has 1 heterocycles. The Hall–Kier alpha value is -1.78. The number of nitrogen functional groups attached to an aromatic ring is 1. The van der Waals surface area contributed by atoms with E-state index in [2.05, 4.69) is 15.6 Å². The van der Waals surface area contributed by atoms with Gasteiger partial charge in [-0.15, -0.1) is 0 Å². The molecule has 0 radical (unpaired) electrons. The van der Waals surface area contributed by atoms with E-state index in [1.807, 2.05) is 6.92 Å². The van der Waals surface area contributed by atoms with Crippen LogP contribution < -0.4 is 16.4 Å². The summed E-state index contributed by atoms with van der Waals surface area (Å²) in [6.07, 6.45) is 3.20. The zero-order chi connectivity index (χ0) is 10.4. The molecule has 0 spiro atoms. The largest absolute Gasteiger partial charge is 0.397 e. The van der Waals surface area contributed by atoms with Gasteiger partial charge in [-0.05, 0) is 13.0 Å². The van der Waals surface area contributed by atoms with Gasteiger partial charge < -0.3 is 16.4 Å². The summed E-state index contributed by atoms with van der Waals surface area (Å²) >= 11 is 0. The van der Waals surface area contributed by atoms with Crippen LogP contribution in [0.25, 0.3) is 0 Å². The van der Waals surface area contributed by atoms with E-state index in [9.17, 15) is 4.79 Å². The standard InChI is InChI=1S/C9H14N4O/c1-2-12-9(14)6-13-8-5-11-4-3-7(8)10/h3-5,13H,2,6H2,1H3,(H2,10,11)(H,12,14). The molecule has 5 nitrogen and oxygen atoms in total. The third-order valence-electron chi connectivity index (χ3n) is 1.67. The Labute approximate surface area is 82.7 Å². The first-order valence-electron chi connectivity index (χ1n) is 4.44.